The smallest absolute Gasteiger partial charge is 0.191 e. The average Bonchev–Trinajstić information content (AvgIpc) is 3.08. The van der Waals surface area contributed by atoms with Gasteiger partial charge in [-0.25, -0.2) is 0 Å². The van der Waals surface area contributed by atoms with Gasteiger partial charge in [0.2, 0.25) is 0 Å². The van der Waals surface area contributed by atoms with E-state index in [4.69, 9.17) is 4.74 Å². The molecule has 2 N–H and O–H groups in total. The van der Waals surface area contributed by atoms with Crippen molar-refractivity contribution in [1.82, 2.24) is 15.5 Å². The van der Waals surface area contributed by atoms with E-state index in [0.29, 0.717) is 12.6 Å². The Morgan fingerprint density at radius 2 is 1.96 bits per heavy atom. The molecule has 1 atom stereocenters. The van der Waals surface area contributed by atoms with Gasteiger partial charge < -0.3 is 15.4 Å². The van der Waals surface area contributed by atoms with Crippen molar-refractivity contribution in [2.24, 2.45) is 4.99 Å². The van der Waals surface area contributed by atoms with E-state index < -0.39 is 0 Å². The fourth-order valence-corrected chi connectivity index (χ4v) is 3.14. The summed E-state index contributed by atoms with van der Waals surface area (Å²) in [4.78, 5) is 6.87. The normalized spacial score (nSPS) is 18.8. The first-order valence-corrected chi connectivity index (χ1v) is 9.11. The minimum Gasteiger partial charge on any atom is -0.377 e. The summed E-state index contributed by atoms with van der Waals surface area (Å²) in [6, 6.07) is 9.17. The number of benzene rings is 1. The van der Waals surface area contributed by atoms with Gasteiger partial charge in [0.1, 0.15) is 0 Å². The molecular formula is C19H32N4O. The van der Waals surface area contributed by atoms with Crippen LogP contribution in [0.1, 0.15) is 37.8 Å². The Bertz CT molecular complexity index is 501. The zero-order valence-electron chi connectivity index (χ0n) is 15.3. The molecule has 24 heavy (non-hydrogen) atoms. The van der Waals surface area contributed by atoms with E-state index in [1.807, 2.05) is 14.0 Å². The van der Waals surface area contributed by atoms with Crippen molar-refractivity contribution in [2.75, 3.05) is 33.3 Å². The summed E-state index contributed by atoms with van der Waals surface area (Å²) < 4.78 is 5.42. The summed E-state index contributed by atoms with van der Waals surface area (Å²) in [5.74, 6) is 0.872. The van der Waals surface area contributed by atoms with Gasteiger partial charge in [-0.05, 0) is 44.0 Å². The van der Waals surface area contributed by atoms with Gasteiger partial charge in [0.25, 0.3) is 0 Å². The summed E-state index contributed by atoms with van der Waals surface area (Å²) in [5, 5.41) is 6.86. The average molecular weight is 332 g/mol. The predicted molar refractivity (Wildman–Crippen MR) is 100 cm³/mol. The molecule has 0 spiro atoms. The minimum atomic E-state index is 0.631. The molecule has 1 aromatic carbocycles. The van der Waals surface area contributed by atoms with Crippen LogP contribution in [0.3, 0.4) is 0 Å². The lowest BCUT2D eigenvalue weighted by molar-refractivity contribution is 0.134. The van der Waals surface area contributed by atoms with Crippen LogP contribution in [-0.4, -0.2) is 50.2 Å². The highest BCUT2D eigenvalue weighted by Crippen LogP contribution is 2.15. The van der Waals surface area contributed by atoms with E-state index in [0.717, 1.165) is 32.2 Å². The number of guanidine groups is 1. The van der Waals surface area contributed by atoms with Gasteiger partial charge in [-0.3, -0.25) is 9.89 Å². The molecule has 1 aliphatic heterocycles. The number of nitrogens with zero attached hydrogens (tertiary/aromatic N) is 2. The molecule has 1 fully saturated rings. The fourth-order valence-electron chi connectivity index (χ4n) is 3.14. The van der Waals surface area contributed by atoms with Crippen LogP contribution < -0.4 is 10.6 Å². The lowest BCUT2D eigenvalue weighted by atomic mass is 10.1. The van der Waals surface area contributed by atoms with E-state index in [1.165, 1.54) is 30.5 Å². The van der Waals surface area contributed by atoms with Crippen molar-refractivity contribution in [1.29, 1.82) is 0 Å². The molecule has 0 saturated carbocycles. The molecule has 0 aliphatic carbocycles. The first kappa shape index (κ1) is 18.7. The summed E-state index contributed by atoms with van der Waals surface area (Å²) in [5.41, 5.74) is 2.46. The Kier molecular flexibility index (Phi) is 8.05. The second-order valence-electron chi connectivity index (χ2n) is 6.18. The van der Waals surface area contributed by atoms with Crippen LogP contribution >= 0.6 is 0 Å². The molecule has 1 aliphatic rings. The number of likely N-dealkylation sites (N-methyl/N-ethyl adjacent to an activating group) is 1. The molecule has 0 aromatic heterocycles. The molecule has 1 saturated heterocycles. The van der Waals surface area contributed by atoms with Crippen LogP contribution in [0.15, 0.2) is 29.3 Å². The van der Waals surface area contributed by atoms with Gasteiger partial charge in [-0.2, -0.15) is 0 Å². The molecule has 2 rings (SSSR count). The zero-order chi connectivity index (χ0) is 17.2. The van der Waals surface area contributed by atoms with Crippen LogP contribution in [0.2, 0.25) is 0 Å². The van der Waals surface area contributed by atoms with E-state index >= 15 is 0 Å². The highest BCUT2D eigenvalue weighted by atomic mass is 16.5. The second-order valence-corrected chi connectivity index (χ2v) is 6.18. The molecule has 0 amide bonds. The maximum absolute atomic E-state index is 5.42. The maximum Gasteiger partial charge on any atom is 0.191 e. The summed E-state index contributed by atoms with van der Waals surface area (Å²) in [6.45, 7) is 9.78. The summed E-state index contributed by atoms with van der Waals surface area (Å²) in [6.07, 6.45) is 2.58. The Morgan fingerprint density at radius 3 is 2.62 bits per heavy atom. The van der Waals surface area contributed by atoms with E-state index in [-0.39, 0.29) is 0 Å². The van der Waals surface area contributed by atoms with Gasteiger partial charge in [-0.15, -0.1) is 0 Å². The second kappa shape index (κ2) is 10.3. The third kappa shape index (κ3) is 5.80. The standard InChI is InChI=1S/C19H32N4O/c1-4-23-12-6-7-18(23)14-22-19(20-3)21-13-16-8-10-17(11-9-16)15-24-5-2/h8-11,18H,4-7,12-15H2,1-3H3,(H2,20,21,22). The number of ether oxygens (including phenoxy) is 1. The van der Waals surface area contributed by atoms with Crippen LogP contribution in [0.4, 0.5) is 0 Å². The van der Waals surface area contributed by atoms with Gasteiger partial charge in [0.05, 0.1) is 6.61 Å². The Balaban J connectivity index is 1.75. The molecule has 1 heterocycles. The van der Waals surface area contributed by atoms with Crippen molar-refractivity contribution in [2.45, 2.75) is 45.9 Å². The lowest BCUT2D eigenvalue weighted by Crippen LogP contribution is -2.44. The topological polar surface area (TPSA) is 48.9 Å². The quantitative estimate of drug-likeness (QED) is 0.567. The molecule has 5 heteroatoms. The Hall–Kier alpha value is -1.59. The molecule has 134 valence electrons. The number of rotatable bonds is 8. The largest absolute Gasteiger partial charge is 0.377 e. The SMILES string of the molecule is CCOCc1ccc(CNC(=NC)NCC2CCCN2CC)cc1. The molecular weight excluding hydrogens is 300 g/mol. The summed E-state index contributed by atoms with van der Waals surface area (Å²) in [7, 11) is 1.83. The van der Waals surface area contributed by atoms with Gasteiger partial charge >= 0.3 is 0 Å². The van der Waals surface area contributed by atoms with E-state index in [1.54, 1.807) is 0 Å². The van der Waals surface area contributed by atoms with Crippen LogP contribution in [0.25, 0.3) is 0 Å². The molecule has 0 bridgehead atoms. The number of aliphatic imine (C=N–C) groups is 1. The van der Waals surface area contributed by atoms with Crippen molar-refractivity contribution in [3.05, 3.63) is 35.4 Å². The van der Waals surface area contributed by atoms with Gasteiger partial charge in [0.15, 0.2) is 5.96 Å². The number of hydrogen-bond acceptors (Lipinski definition) is 3. The van der Waals surface area contributed by atoms with Crippen LogP contribution in [-0.2, 0) is 17.9 Å². The van der Waals surface area contributed by atoms with Gasteiger partial charge in [-0.1, -0.05) is 31.2 Å². The number of nitrogens with one attached hydrogen (secondary N) is 2. The summed E-state index contributed by atoms with van der Waals surface area (Å²) >= 11 is 0. The first-order chi connectivity index (χ1) is 11.8. The lowest BCUT2D eigenvalue weighted by Gasteiger charge is -2.24. The Morgan fingerprint density at radius 1 is 1.21 bits per heavy atom. The minimum absolute atomic E-state index is 0.631. The third-order valence-electron chi connectivity index (χ3n) is 4.59. The van der Waals surface area contributed by atoms with Crippen molar-refractivity contribution in [3.8, 4) is 0 Å². The highest BCUT2D eigenvalue weighted by molar-refractivity contribution is 5.79. The molecule has 0 radical (unpaired) electrons. The van der Waals surface area contributed by atoms with E-state index in [9.17, 15) is 0 Å². The third-order valence-corrected chi connectivity index (χ3v) is 4.59. The molecule has 1 unspecified atom stereocenters. The monoisotopic (exact) mass is 332 g/mol. The molecule has 1 aromatic rings. The van der Waals surface area contributed by atoms with E-state index in [2.05, 4.69) is 51.7 Å². The maximum atomic E-state index is 5.42. The van der Waals surface area contributed by atoms with Crippen LogP contribution in [0.5, 0.6) is 0 Å². The number of hydrogen-bond donors (Lipinski definition) is 2. The Labute approximate surface area is 146 Å². The van der Waals surface area contributed by atoms with Crippen molar-refractivity contribution in [3.63, 3.8) is 0 Å². The highest BCUT2D eigenvalue weighted by Gasteiger charge is 2.22. The fraction of sp³-hybridized carbons (Fsp3) is 0.632. The van der Waals surface area contributed by atoms with Gasteiger partial charge in [0, 0.05) is 32.8 Å². The number of likely N-dealkylation sites (tertiary alicyclic amines) is 1. The van der Waals surface area contributed by atoms with Crippen LogP contribution in [0, 0.1) is 0 Å². The first-order valence-electron chi connectivity index (χ1n) is 9.11. The molecule has 5 nitrogen and oxygen atoms in total. The van der Waals surface area contributed by atoms with Crippen molar-refractivity contribution < 1.29 is 4.74 Å². The zero-order valence-corrected chi connectivity index (χ0v) is 15.3. The van der Waals surface area contributed by atoms with Crippen molar-refractivity contribution >= 4 is 5.96 Å². The predicted octanol–water partition coefficient (Wildman–Crippen LogP) is 2.37.